The molecular formula is C26H30O3. The first-order valence-corrected chi connectivity index (χ1v) is 10.5. The summed E-state index contributed by atoms with van der Waals surface area (Å²) in [5, 5.41) is 0. The van der Waals surface area contributed by atoms with Gasteiger partial charge in [0, 0.05) is 6.42 Å². The quantitative estimate of drug-likeness (QED) is 0.484. The van der Waals surface area contributed by atoms with E-state index in [2.05, 4.69) is 64.7 Å². The molecular weight excluding hydrogens is 360 g/mol. The van der Waals surface area contributed by atoms with Crippen LogP contribution in [0.4, 0.5) is 0 Å². The summed E-state index contributed by atoms with van der Waals surface area (Å²) in [4.78, 5) is 13.9. The fraction of sp³-hybridized carbons (Fsp3) is 0.423. The Morgan fingerprint density at radius 3 is 2.66 bits per heavy atom. The van der Waals surface area contributed by atoms with Crippen molar-refractivity contribution < 1.29 is 14.3 Å². The van der Waals surface area contributed by atoms with Crippen LogP contribution in [0.15, 0.2) is 82.9 Å². The number of ketones is 1. The van der Waals surface area contributed by atoms with Crippen molar-refractivity contribution in [1.29, 1.82) is 0 Å². The highest BCUT2D eigenvalue weighted by molar-refractivity contribution is 6.09. The predicted octanol–water partition coefficient (Wildman–Crippen LogP) is 5.89. The minimum atomic E-state index is -0.992. The summed E-state index contributed by atoms with van der Waals surface area (Å²) in [6.07, 6.45) is 17.4. The molecule has 1 fully saturated rings. The molecule has 0 aromatic heterocycles. The summed E-state index contributed by atoms with van der Waals surface area (Å²) < 4.78 is 12.4. The van der Waals surface area contributed by atoms with Crippen LogP contribution in [0.2, 0.25) is 0 Å². The van der Waals surface area contributed by atoms with Gasteiger partial charge in [0.15, 0.2) is 5.60 Å². The van der Waals surface area contributed by atoms with Crippen molar-refractivity contribution in [3.05, 3.63) is 82.9 Å². The van der Waals surface area contributed by atoms with E-state index in [0.717, 1.165) is 24.0 Å². The maximum absolute atomic E-state index is 13.9. The maximum atomic E-state index is 13.9. The Labute approximate surface area is 173 Å². The molecule has 3 heteroatoms. The zero-order valence-electron chi connectivity index (χ0n) is 17.9. The SMILES string of the molecule is C=C1OC23CC(C)C(C)=CC2(C)/C=C(C)/C=C/CC/C=C2C=C/C(=C\1C3=O)OC/2. The summed E-state index contributed by atoms with van der Waals surface area (Å²) >= 11 is 0. The molecule has 0 amide bonds. The molecule has 0 N–H and O–H groups in total. The lowest BCUT2D eigenvalue weighted by Crippen LogP contribution is -2.53. The van der Waals surface area contributed by atoms with E-state index in [4.69, 9.17) is 9.47 Å². The maximum Gasteiger partial charge on any atom is 0.215 e. The van der Waals surface area contributed by atoms with E-state index in [1.807, 2.05) is 12.2 Å². The van der Waals surface area contributed by atoms with Gasteiger partial charge < -0.3 is 9.47 Å². The highest BCUT2D eigenvalue weighted by atomic mass is 16.5. The van der Waals surface area contributed by atoms with Crippen molar-refractivity contribution >= 4 is 5.78 Å². The number of carbonyl (C=O) groups is 1. The second kappa shape index (κ2) is 7.05. The van der Waals surface area contributed by atoms with Crippen molar-refractivity contribution in [2.45, 2.75) is 52.6 Å². The van der Waals surface area contributed by atoms with E-state index >= 15 is 0 Å². The van der Waals surface area contributed by atoms with Crippen LogP contribution in [0.5, 0.6) is 0 Å². The summed E-state index contributed by atoms with van der Waals surface area (Å²) in [6.45, 7) is 13.1. The molecule has 1 saturated heterocycles. The Bertz CT molecular complexity index is 952. The Hall–Kier alpha value is -2.55. The third kappa shape index (κ3) is 3.17. The van der Waals surface area contributed by atoms with E-state index in [0.29, 0.717) is 30.1 Å². The normalized spacial score (nSPS) is 41.7. The van der Waals surface area contributed by atoms with Crippen LogP contribution < -0.4 is 0 Å². The van der Waals surface area contributed by atoms with Gasteiger partial charge in [-0.05, 0) is 51.2 Å². The Morgan fingerprint density at radius 2 is 1.93 bits per heavy atom. The van der Waals surface area contributed by atoms with Gasteiger partial charge in [-0.2, -0.15) is 0 Å². The fourth-order valence-corrected chi connectivity index (χ4v) is 4.95. The number of carbonyl (C=O) groups excluding carboxylic acids is 1. The van der Waals surface area contributed by atoms with Crippen LogP contribution >= 0.6 is 0 Å². The number of Topliss-reactive ketones (excluding diaryl/α,β-unsaturated/α-hetero) is 1. The molecule has 2 aliphatic carbocycles. The third-order valence-corrected chi connectivity index (χ3v) is 6.68. The smallest absolute Gasteiger partial charge is 0.215 e. The van der Waals surface area contributed by atoms with Gasteiger partial charge in [-0.25, -0.2) is 0 Å². The first-order chi connectivity index (χ1) is 13.8. The number of hydrogen-bond acceptors (Lipinski definition) is 3. The molecule has 0 aromatic carbocycles. The zero-order chi connectivity index (χ0) is 20.8. The number of ether oxygens (including phenoxy) is 2. The van der Waals surface area contributed by atoms with Gasteiger partial charge in [0.25, 0.3) is 0 Å². The lowest BCUT2D eigenvalue weighted by Gasteiger charge is -2.46. The van der Waals surface area contributed by atoms with E-state index in [9.17, 15) is 4.79 Å². The summed E-state index contributed by atoms with van der Waals surface area (Å²) in [6, 6.07) is 0. The van der Waals surface area contributed by atoms with Crippen molar-refractivity contribution in [2.75, 3.05) is 6.61 Å². The highest BCUT2D eigenvalue weighted by Crippen LogP contribution is 2.55. The second-order valence-corrected chi connectivity index (χ2v) is 8.97. The second-order valence-electron chi connectivity index (χ2n) is 8.97. The molecule has 0 radical (unpaired) electrons. The first-order valence-electron chi connectivity index (χ1n) is 10.5. The first kappa shape index (κ1) is 19.8. The third-order valence-electron chi connectivity index (χ3n) is 6.68. The molecule has 3 unspecified atom stereocenters. The van der Waals surface area contributed by atoms with Crippen LogP contribution in [0.25, 0.3) is 0 Å². The van der Waals surface area contributed by atoms with E-state index in [1.165, 1.54) is 5.57 Å². The van der Waals surface area contributed by atoms with Gasteiger partial charge in [0.05, 0.1) is 5.41 Å². The largest absolute Gasteiger partial charge is 0.488 e. The average molecular weight is 391 g/mol. The van der Waals surface area contributed by atoms with Crippen molar-refractivity contribution in [2.24, 2.45) is 11.3 Å². The number of hydrogen-bond donors (Lipinski definition) is 0. The van der Waals surface area contributed by atoms with Gasteiger partial charge in [0.1, 0.15) is 23.7 Å². The standard InChI is InChI=1S/C26H30O3/c1-17-9-7-6-8-10-21-11-12-22(28-16-21)23-20(4)29-26(24(23)27)15-19(3)18(2)14-25(26,5)13-17/h7,9-14,19H,4,6,8,15-16H2,1-3,5H3/b9-7+,17-13+,21-10-,23-22-. The number of rotatable bonds is 0. The monoisotopic (exact) mass is 390 g/mol. The molecule has 3 atom stereocenters. The van der Waals surface area contributed by atoms with E-state index in [1.54, 1.807) is 0 Å². The van der Waals surface area contributed by atoms with Crippen molar-refractivity contribution in [3.8, 4) is 0 Å². The minimum Gasteiger partial charge on any atom is -0.488 e. The van der Waals surface area contributed by atoms with Crippen LogP contribution in [0, 0.1) is 11.3 Å². The molecule has 3 aliphatic heterocycles. The van der Waals surface area contributed by atoms with Gasteiger partial charge in [-0.3, -0.25) is 4.79 Å². The van der Waals surface area contributed by atoms with Gasteiger partial charge in [0.2, 0.25) is 5.78 Å². The molecule has 1 spiro atoms. The molecule has 5 rings (SSSR count). The number of fused-ring (bicyclic) bond motifs is 5. The van der Waals surface area contributed by atoms with Crippen molar-refractivity contribution in [3.63, 3.8) is 0 Å². The summed E-state index contributed by atoms with van der Waals surface area (Å²) in [5.41, 5.74) is 2.48. The molecule has 3 heterocycles. The topological polar surface area (TPSA) is 35.5 Å². The Balaban J connectivity index is 1.95. The predicted molar refractivity (Wildman–Crippen MR) is 116 cm³/mol. The summed E-state index contributed by atoms with van der Waals surface area (Å²) in [5.74, 6) is 1.23. The molecule has 3 nitrogen and oxygen atoms in total. The van der Waals surface area contributed by atoms with E-state index in [-0.39, 0.29) is 11.7 Å². The fourth-order valence-electron chi connectivity index (χ4n) is 4.95. The lowest BCUT2D eigenvalue weighted by molar-refractivity contribution is -0.139. The summed E-state index contributed by atoms with van der Waals surface area (Å²) in [7, 11) is 0. The lowest BCUT2D eigenvalue weighted by atomic mass is 9.61. The average Bonchev–Trinajstić information content (AvgIpc) is 2.91. The van der Waals surface area contributed by atoms with Gasteiger partial charge >= 0.3 is 0 Å². The Morgan fingerprint density at radius 1 is 1.14 bits per heavy atom. The minimum absolute atomic E-state index is 0.0180. The zero-order valence-corrected chi connectivity index (χ0v) is 17.9. The van der Waals surface area contributed by atoms with Crippen molar-refractivity contribution in [1.82, 2.24) is 0 Å². The molecule has 29 heavy (non-hydrogen) atoms. The van der Waals surface area contributed by atoms with Crippen LogP contribution in [-0.4, -0.2) is 18.0 Å². The molecule has 5 aliphatic rings. The van der Waals surface area contributed by atoms with Gasteiger partial charge in [-0.1, -0.05) is 61.1 Å². The number of allylic oxidation sites excluding steroid dienone is 7. The molecule has 4 bridgehead atoms. The molecule has 0 saturated carbocycles. The van der Waals surface area contributed by atoms with Crippen LogP contribution in [-0.2, 0) is 14.3 Å². The van der Waals surface area contributed by atoms with Crippen LogP contribution in [0.1, 0.15) is 47.0 Å². The molecule has 0 aromatic rings. The van der Waals surface area contributed by atoms with Crippen LogP contribution in [0.3, 0.4) is 0 Å². The molecule has 152 valence electrons. The Kier molecular flexibility index (Phi) is 4.80. The van der Waals surface area contributed by atoms with E-state index < -0.39 is 11.0 Å². The highest BCUT2D eigenvalue weighted by Gasteiger charge is 2.62. The van der Waals surface area contributed by atoms with Gasteiger partial charge in [-0.15, -0.1) is 0 Å².